The number of carboxylic acids is 1. The number of ether oxygens (including phenoxy) is 1. The maximum Gasteiger partial charge on any atom is 0.409 e. The Balaban J connectivity index is 1.33. The summed E-state index contributed by atoms with van der Waals surface area (Å²) in [6.45, 7) is -0.0135. The largest absolute Gasteiger partial charge is 0.481 e. The molecule has 7 heteroatoms. The highest BCUT2D eigenvalue weighted by Gasteiger charge is 2.42. The van der Waals surface area contributed by atoms with Crippen molar-refractivity contribution in [3.63, 3.8) is 0 Å². The quantitative estimate of drug-likeness (QED) is 0.608. The fraction of sp³-hybridized carbons (Fsp3) is 0.231. The zero-order valence-corrected chi connectivity index (χ0v) is 17.6. The first-order valence-corrected chi connectivity index (χ1v) is 10.7. The Morgan fingerprint density at radius 2 is 1.55 bits per heavy atom. The SMILES string of the molecule is O=C(O)[C@H]1CN(C(=O)OCC2c3ccccc3-c3ccccc32)C[C@@H]1c1ccc(F)cc1F. The van der Waals surface area contributed by atoms with Crippen LogP contribution >= 0.6 is 0 Å². The third-order valence-corrected chi connectivity index (χ3v) is 6.59. The fourth-order valence-corrected chi connectivity index (χ4v) is 5.01. The van der Waals surface area contributed by atoms with Gasteiger partial charge in [-0.15, -0.1) is 0 Å². The van der Waals surface area contributed by atoms with Crippen LogP contribution in [-0.4, -0.2) is 41.8 Å². The van der Waals surface area contributed by atoms with Gasteiger partial charge in [-0.3, -0.25) is 4.79 Å². The number of halogens is 2. The van der Waals surface area contributed by atoms with E-state index >= 15 is 0 Å². The van der Waals surface area contributed by atoms with Crippen molar-refractivity contribution in [3.05, 3.63) is 95.1 Å². The maximum absolute atomic E-state index is 14.3. The van der Waals surface area contributed by atoms with Crippen LogP contribution in [0.4, 0.5) is 13.6 Å². The molecule has 0 radical (unpaired) electrons. The highest BCUT2D eigenvalue weighted by atomic mass is 19.1. The van der Waals surface area contributed by atoms with Crippen LogP contribution in [0, 0.1) is 17.6 Å². The van der Waals surface area contributed by atoms with Crippen LogP contribution < -0.4 is 0 Å². The zero-order chi connectivity index (χ0) is 23.1. The zero-order valence-electron chi connectivity index (χ0n) is 17.6. The molecule has 1 N–H and O–H groups in total. The molecule has 5 rings (SSSR count). The molecule has 2 aliphatic rings. The van der Waals surface area contributed by atoms with Gasteiger partial charge in [0.25, 0.3) is 0 Å². The Kier molecular flexibility index (Phi) is 5.32. The van der Waals surface area contributed by atoms with Gasteiger partial charge in [-0.1, -0.05) is 54.6 Å². The second kappa shape index (κ2) is 8.31. The molecule has 1 aliphatic heterocycles. The summed E-state index contributed by atoms with van der Waals surface area (Å²) in [4.78, 5) is 26.0. The Bertz CT molecular complexity index is 1200. The summed E-state index contributed by atoms with van der Waals surface area (Å²) in [5.74, 6) is -4.62. The van der Waals surface area contributed by atoms with E-state index in [1.54, 1.807) is 0 Å². The van der Waals surface area contributed by atoms with Gasteiger partial charge in [0, 0.05) is 31.0 Å². The monoisotopic (exact) mass is 449 g/mol. The first-order valence-electron chi connectivity index (χ1n) is 10.7. The standard InChI is InChI=1S/C26H21F2NO4/c27-15-9-10-20(24(28)11-15)21-12-29(13-22(21)25(30)31)26(32)33-14-23-18-7-3-1-5-16(18)17-6-2-4-8-19(17)23/h1-11,21-23H,12-14H2,(H,30,31)/t21-,22+/m1/s1. The molecule has 1 heterocycles. The minimum atomic E-state index is -1.14. The van der Waals surface area contributed by atoms with E-state index in [4.69, 9.17) is 4.74 Å². The number of likely N-dealkylation sites (tertiary alicyclic amines) is 1. The first-order chi connectivity index (χ1) is 15.9. The van der Waals surface area contributed by atoms with Crippen molar-refractivity contribution in [2.45, 2.75) is 11.8 Å². The van der Waals surface area contributed by atoms with Crippen LogP contribution in [0.25, 0.3) is 11.1 Å². The molecule has 1 saturated heterocycles. The number of fused-ring (bicyclic) bond motifs is 3. The molecule has 3 aromatic rings. The molecule has 1 amide bonds. The highest BCUT2D eigenvalue weighted by Crippen LogP contribution is 2.44. The minimum absolute atomic E-state index is 0.0177. The maximum atomic E-state index is 14.3. The minimum Gasteiger partial charge on any atom is -0.481 e. The van der Waals surface area contributed by atoms with E-state index in [1.807, 2.05) is 48.5 Å². The highest BCUT2D eigenvalue weighted by molar-refractivity contribution is 5.79. The average molecular weight is 449 g/mol. The predicted molar refractivity (Wildman–Crippen MR) is 117 cm³/mol. The second-order valence-corrected chi connectivity index (χ2v) is 8.43. The molecular formula is C26H21F2NO4. The van der Waals surface area contributed by atoms with Crippen LogP contribution in [0.5, 0.6) is 0 Å². The van der Waals surface area contributed by atoms with Crippen molar-refractivity contribution in [2.75, 3.05) is 19.7 Å². The molecule has 0 saturated carbocycles. The number of carboxylic acid groups (broad SMARTS) is 1. The van der Waals surface area contributed by atoms with Gasteiger partial charge in [0.05, 0.1) is 5.92 Å². The van der Waals surface area contributed by atoms with E-state index in [0.29, 0.717) is 0 Å². The normalized spacial score (nSPS) is 19.3. The fourth-order valence-electron chi connectivity index (χ4n) is 5.01. The Morgan fingerprint density at radius 1 is 0.909 bits per heavy atom. The number of hydrogen-bond acceptors (Lipinski definition) is 3. The van der Waals surface area contributed by atoms with Gasteiger partial charge in [0.2, 0.25) is 0 Å². The van der Waals surface area contributed by atoms with Crippen LogP contribution in [0.1, 0.15) is 28.5 Å². The molecule has 0 bridgehead atoms. The summed E-state index contributed by atoms with van der Waals surface area (Å²) in [7, 11) is 0. The summed E-state index contributed by atoms with van der Waals surface area (Å²) >= 11 is 0. The van der Waals surface area contributed by atoms with Crippen molar-refractivity contribution < 1.29 is 28.2 Å². The smallest absolute Gasteiger partial charge is 0.409 e. The van der Waals surface area contributed by atoms with Crippen molar-refractivity contribution in [3.8, 4) is 11.1 Å². The lowest BCUT2D eigenvalue weighted by molar-refractivity contribution is -0.141. The topological polar surface area (TPSA) is 66.8 Å². The van der Waals surface area contributed by atoms with Gasteiger partial charge in [0.1, 0.15) is 18.2 Å². The van der Waals surface area contributed by atoms with Crippen molar-refractivity contribution in [1.29, 1.82) is 0 Å². The van der Waals surface area contributed by atoms with Crippen LogP contribution in [0.3, 0.4) is 0 Å². The van der Waals surface area contributed by atoms with Gasteiger partial charge < -0.3 is 14.7 Å². The number of hydrogen-bond donors (Lipinski definition) is 1. The van der Waals surface area contributed by atoms with E-state index < -0.39 is 35.5 Å². The number of rotatable bonds is 4. The van der Waals surface area contributed by atoms with Gasteiger partial charge in [0.15, 0.2) is 0 Å². The number of aliphatic carboxylic acids is 1. The van der Waals surface area contributed by atoms with Crippen LogP contribution in [0.2, 0.25) is 0 Å². The van der Waals surface area contributed by atoms with Crippen LogP contribution in [0.15, 0.2) is 66.7 Å². The number of nitrogens with zero attached hydrogens (tertiary/aromatic N) is 1. The van der Waals surface area contributed by atoms with E-state index in [2.05, 4.69) is 0 Å². The molecule has 0 spiro atoms. The molecule has 0 aromatic heterocycles. The summed E-state index contributed by atoms with van der Waals surface area (Å²) < 4.78 is 33.3. The lowest BCUT2D eigenvalue weighted by Crippen LogP contribution is -2.31. The Morgan fingerprint density at radius 3 is 2.15 bits per heavy atom. The molecular weight excluding hydrogens is 428 g/mol. The molecule has 2 atom stereocenters. The summed E-state index contributed by atoms with van der Waals surface area (Å²) in [6.07, 6.45) is -0.645. The lowest BCUT2D eigenvalue weighted by atomic mass is 9.88. The summed E-state index contributed by atoms with van der Waals surface area (Å²) in [5, 5.41) is 9.64. The van der Waals surface area contributed by atoms with Crippen LogP contribution in [-0.2, 0) is 9.53 Å². The number of carbonyl (C=O) groups is 2. The molecule has 5 nitrogen and oxygen atoms in total. The summed E-state index contributed by atoms with van der Waals surface area (Å²) in [5.41, 5.74) is 4.43. The average Bonchev–Trinajstić information content (AvgIpc) is 3.38. The molecule has 1 aliphatic carbocycles. The van der Waals surface area contributed by atoms with E-state index in [-0.39, 0.29) is 31.2 Å². The Hall–Kier alpha value is -3.74. The molecule has 168 valence electrons. The second-order valence-electron chi connectivity index (χ2n) is 8.43. The van der Waals surface area contributed by atoms with Gasteiger partial charge in [-0.05, 0) is 33.9 Å². The van der Waals surface area contributed by atoms with Gasteiger partial charge >= 0.3 is 12.1 Å². The van der Waals surface area contributed by atoms with E-state index in [1.165, 1.54) is 11.0 Å². The molecule has 0 unspecified atom stereocenters. The van der Waals surface area contributed by atoms with E-state index in [9.17, 15) is 23.5 Å². The number of carbonyl (C=O) groups excluding carboxylic acids is 1. The lowest BCUT2D eigenvalue weighted by Gasteiger charge is -2.19. The third-order valence-electron chi connectivity index (χ3n) is 6.59. The summed E-state index contributed by atoms with van der Waals surface area (Å²) in [6, 6.07) is 19.0. The number of amides is 1. The third kappa shape index (κ3) is 3.73. The molecule has 33 heavy (non-hydrogen) atoms. The first kappa shape index (κ1) is 21.1. The van der Waals surface area contributed by atoms with Crippen molar-refractivity contribution >= 4 is 12.1 Å². The van der Waals surface area contributed by atoms with Crippen molar-refractivity contribution in [1.82, 2.24) is 4.90 Å². The number of benzene rings is 3. The molecule has 3 aromatic carbocycles. The van der Waals surface area contributed by atoms with Crippen molar-refractivity contribution in [2.24, 2.45) is 5.92 Å². The predicted octanol–water partition coefficient (Wildman–Crippen LogP) is 5.01. The molecule has 1 fully saturated rings. The van der Waals surface area contributed by atoms with E-state index in [0.717, 1.165) is 34.4 Å². The Labute approximate surface area is 189 Å². The van der Waals surface area contributed by atoms with Gasteiger partial charge in [-0.25, -0.2) is 13.6 Å². The van der Waals surface area contributed by atoms with Gasteiger partial charge in [-0.2, -0.15) is 0 Å².